The third kappa shape index (κ3) is 17.0. The van der Waals surface area contributed by atoms with Crippen molar-refractivity contribution in [2.24, 2.45) is 0 Å². The van der Waals surface area contributed by atoms with E-state index in [-0.39, 0.29) is 40.4 Å². The van der Waals surface area contributed by atoms with E-state index in [1.54, 1.807) is 58.0 Å². The number of phenols is 1. The topological polar surface area (TPSA) is 92.7 Å². The zero-order valence-electron chi connectivity index (χ0n) is 51.9. The molecule has 4 rings (SSSR count). The standard InChI is InChI=1S/C39H54F6O5Si.C26H28F6O3/c1-12-36(13-2,32-19-16-30(28(5)24-32)21-22-37(38(40,41)42,39(43,44)45)49-26-47-9)31-18-15-29(27(4)23-31)17-20-33(25-34(46)48-14-3)50-51(10,11)35(6,7)8;1-6-23(7-2,21-10-11-22(33)18(4)15-21)20-9-8-19(17(3)14-20)12-13-24(25(27,28)29,26(30,31)32)35-16-34-5/h15-16,18-19,23-24,33H,12-14,17,20,25-26H2,1-11H3;8-11,14-15,33H,6-7,16H2,1-5H3/t33-;/m0./s1. The van der Waals surface area contributed by atoms with Gasteiger partial charge >= 0.3 is 41.9 Å². The van der Waals surface area contributed by atoms with Gasteiger partial charge in [0.2, 0.25) is 0 Å². The molecule has 0 heterocycles. The van der Waals surface area contributed by atoms with Crippen molar-refractivity contribution in [2.75, 3.05) is 34.4 Å². The summed E-state index contributed by atoms with van der Waals surface area (Å²) in [5.74, 6) is 6.69. The highest BCUT2D eigenvalue weighted by molar-refractivity contribution is 6.74. The molecule has 0 aliphatic carbocycles. The minimum absolute atomic E-state index is 0.00985. The number of carbonyl (C=O) groups excluding carboxylic acids is 1. The lowest BCUT2D eigenvalue weighted by Crippen LogP contribution is -2.58. The van der Waals surface area contributed by atoms with Gasteiger partial charge in [-0.05, 0) is 171 Å². The SMILES string of the molecule is CCC(CC)(c1ccc(O)c(C)c1)c1ccc(C#CC(OCOC)(C(F)(F)F)C(F)(F)F)c(C)c1.CCOC(=O)C[C@H](CCc1ccc(C(CC)(CC)c2ccc(C#CC(OCOC)(C(F)(F)F)C(F)(F)F)c(C)c2)cc1C)O[Si](C)(C)C(C)(C)C. The molecular formula is C65H82F12O8Si. The van der Waals surface area contributed by atoms with E-state index in [4.69, 9.17) is 9.16 Å². The molecule has 0 saturated carbocycles. The smallest absolute Gasteiger partial charge is 0.438 e. The van der Waals surface area contributed by atoms with Gasteiger partial charge in [-0.2, -0.15) is 52.7 Å². The summed E-state index contributed by atoms with van der Waals surface area (Å²) in [6.07, 6.45) is -19.5. The molecule has 1 atom stereocenters. The summed E-state index contributed by atoms with van der Waals surface area (Å²) in [5, 5.41) is 9.88. The van der Waals surface area contributed by atoms with Crippen LogP contribution in [0.2, 0.25) is 18.1 Å². The molecule has 1 N–H and O–H groups in total. The molecule has 0 spiro atoms. The molecule has 0 unspecified atom stereocenters. The van der Waals surface area contributed by atoms with Crippen LogP contribution >= 0.6 is 0 Å². The number of rotatable bonds is 22. The Hall–Kier alpha value is -5.55. The van der Waals surface area contributed by atoms with Gasteiger partial charge in [0.05, 0.1) is 19.1 Å². The number of hydrogen-bond acceptors (Lipinski definition) is 8. The fourth-order valence-corrected chi connectivity index (χ4v) is 11.4. The summed E-state index contributed by atoms with van der Waals surface area (Å²) < 4.78 is 193. The Kier molecular flexibility index (Phi) is 25.7. The molecule has 4 aromatic carbocycles. The Bertz CT molecular complexity index is 2990. The number of hydrogen-bond donors (Lipinski definition) is 1. The number of halogens is 12. The number of aromatic hydroxyl groups is 1. The van der Waals surface area contributed by atoms with Crippen LogP contribution in [0.5, 0.6) is 5.75 Å². The van der Waals surface area contributed by atoms with E-state index in [1.807, 2.05) is 52.7 Å². The Morgan fingerprint density at radius 2 is 0.907 bits per heavy atom. The summed E-state index contributed by atoms with van der Waals surface area (Å²) in [6.45, 7) is 25.4. The van der Waals surface area contributed by atoms with Crippen LogP contribution in [0.4, 0.5) is 52.7 Å². The monoisotopic (exact) mass is 1250 g/mol. The van der Waals surface area contributed by atoms with Gasteiger partial charge in [-0.25, -0.2) is 0 Å². The molecule has 0 bridgehead atoms. The molecule has 0 radical (unpaired) electrons. The summed E-state index contributed by atoms with van der Waals surface area (Å²) in [5.41, 5.74) is -2.94. The summed E-state index contributed by atoms with van der Waals surface area (Å²) in [4.78, 5) is 12.5. The maximum absolute atomic E-state index is 13.8. The fourth-order valence-electron chi connectivity index (χ4n) is 10.0. The number of methoxy groups -OCH3 is 2. The van der Waals surface area contributed by atoms with Crippen LogP contribution in [0.1, 0.15) is 155 Å². The van der Waals surface area contributed by atoms with E-state index in [0.29, 0.717) is 61.8 Å². The average Bonchev–Trinajstić information content (AvgIpc) is 0.845. The molecule has 8 nitrogen and oxygen atoms in total. The van der Waals surface area contributed by atoms with E-state index >= 15 is 0 Å². The van der Waals surface area contributed by atoms with E-state index in [1.165, 1.54) is 24.0 Å². The third-order valence-corrected chi connectivity index (χ3v) is 21.0. The van der Waals surface area contributed by atoms with Gasteiger partial charge in [0, 0.05) is 36.2 Å². The van der Waals surface area contributed by atoms with Gasteiger partial charge in [0.15, 0.2) is 8.32 Å². The molecule has 4 aromatic rings. The predicted octanol–water partition coefficient (Wildman–Crippen LogP) is 17.5. The van der Waals surface area contributed by atoms with Gasteiger partial charge in [-0.15, -0.1) is 0 Å². The highest BCUT2D eigenvalue weighted by Gasteiger charge is 2.73. The number of ether oxygens (including phenoxy) is 5. The van der Waals surface area contributed by atoms with Gasteiger partial charge < -0.3 is 33.2 Å². The number of benzene rings is 4. The Morgan fingerprint density at radius 1 is 0.547 bits per heavy atom. The van der Waals surface area contributed by atoms with Crippen LogP contribution in [-0.4, -0.2) is 95.8 Å². The largest absolute Gasteiger partial charge is 0.508 e. The number of alkyl halides is 12. The molecule has 0 saturated heterocycles. The summed E-state index contributed by atoms with van der Waals surface area (Å²) in [6, 6.07) is 21.3. The van der Waals surface area contributed by atoms with Crippen molar-refractivity contribution in [3.63, 3.8) is 0 Å². The maximum Gasteiger partial charge on any atom is 0.438 e. The summed E-state index contributed by atoms with van der Waals surface area (Å²) >= 11 is 0. The molecule has 0 aliphatic heterocycles. The second kappa shape index (κ2) is 29.6. The Balaban J connectivity index is 0.000000482. The summed E-state index contributed by atoms with van der Waals surface area (Å²) in [7, 11) is -0.327. The average molecular weight is 1250 g/mol. The van der Waals surface area contributed by atoms with E-state index in [2.05, 4.69) is 76.9 Å². The first-order valence-electron chi connectivity index (χ1n) is 28.2. The predicted molar refractivity (Wildman–Crippen MR) is 310 cm³/mol. The van der Waals surface area contributed by atoms with E-state index < -0.39 is 68.6 Å². The maximum atomic E-state index is 13.8. The van der Waals surface area contributed by atoms with Crippen molar-refractivity contribution in [1.29, 1.82) is 0 Å². The molecular weight excluding hydrogens is 1160 g/mol. The lowest BCUT2D eigenvalue weighted by atomic mass is 9.69. The van der Waals surface area contributed by atoms with Crippen molar-refractivity contribution in [3.8, 4) is 29.4 Å². The quantitative estimate of drug-likeness (QED) is 0.0274. The number of phenolic OH excluding ortho intramolecular Hbond substituents is 1. The fraction of sp³-hybridized carbons (Fsp3) is 0.554. The molecule has 0 fully saturated rings. The number of esters is 1. The van der Waals surface area contributed by atoms with Gasteiger partial charge in [-0.1, -0.05) is 115 Å². The highest BCUT2D eigenvalue weighted by atomic mass is 28.4. The first-order valence-corrected chi connectivity index (χ1v) is 31.1. The van der Waals surface area contributed by atoms with Crippen molar-refractivity contribution in [1.82, 2.24) is 0 Å². The van der Waals surface area contributed by atoms with Crippen LogP contribution in [0.15, 0.2) is 72.8 Å². The van der Waals surface area contributed by atoms with Crippen molar-refractivity contribution in [2.45, 2.75) is 199 Å². The second-order valence-corrected chi connectivity index (χ2v) is 27.5. The van der Waals surface area contributed by atoms with Crippen molar-refractivity contribution in [3.05, 3.63) is 134 Å². The first kappa shape index (κ1) is 74.7. The second-order valence-electron chi connectivity index (χ2n) is 22.8. The van der Waals surface area contributed by atoms with Crippen LogP contribution in [-0.2, 0) is 50.2 Å². The van der Waals surface area contributed by atoms with Crippen molar-refractivity contribution >= 4 is 14.3 Å². The van der Waals surface area contributed by atoms with Gasteiger partial charge in [0.1, 0.15) is 19.3 Å². The van der Waals surface area contributed by atoms with E-state index in [0.717, 1.165) is 47.6 Å². The van der Waals surface area contributed by atoms with E-state index in [9.17, 15) is 62.6 Å². The van der Waals surface area contributed by atoms with Crippen LogP contribution < -0.4 is 0 Å². The number of carbonyl (C=O) groups is 1. The molecule has 0 aliphatic rings. The normalized spacial score (nSPS) is 13.4. The third-order valence-electron chi connectivity index (χ3n) is 16.4. The molecule has 0 amide bonds. The lowest BCUT2D eigenvalue weighted by Gasteiger charge is -2.39. The number of aryl methyl sites for hydroxylation is 5. The Morgan fingerprint density at radius 3 is 1.22 bits per heavy atom. The zero-order chi connectivity index (χ0) is 65.7. The molecule has 0 aromatic heterocycles. The van der Waals surface area contributed by atoms with Gasteiger partial charge in [-0.3, -0.25) is 4.79 Å². The molecule has 478 valence electrons. The van der Waals surface area contributed by atoms with Crippen LogP contribution in [0.25, 0.3) is 0 Å². The lowest BCUT2D eigenvalue weighted by molar-refractivity contribution is -0.368. The Labute approximate surface area is 500 Å². The molecule has 86 heavy (non-hydrogen) atoms. The molecule has 21 heteroatoms. The van der Waals surface area contributed by atoms with Crippen LogP contribution in [0, 0.1) is 51.4 Å². The minimum atomic E-state index is -5.87. The van der Waals surface area contributed by atoms with Crippen molar-refractivity contribution < 1.29 is 90.7 Å². The minimum Gasteiger partial charge on any atom is -0.508 e. The zero-order valence-corrected chi connectivity index (χ0v) is 52.9. The first-order chi connectivity index (χ1) is 39.6. The van der Waals surface area contributed by atoms with Gasteiger partial charge in [0.25, 0.3) is 0 Å². The van der Waals surface area contributed by atoms with Crippen LogP contribution in [0.3, 0.4) is 0 Å². The highest BCUT2D eigenvalue weighted by Crippen LogP contribution is 2.48.